The minimum atomic E-state index is -0.739. The zero-order valence-electron chi connectivity index (χ0n) is 13.9. The lowest BCUT2D eigenvalue weighted by Crippen LogP contribution is -2.38. The first-order chi connectivity index (χ1) is 12.1. The van der Waals surface area contributed by atoms with Crippen molar-refractivity contribution in [2.24, 2.45) is 5.92 Å². The second-order valence-electron chi connectivity index (χ2n) is 6.12. The molecule has 132 valence electrons. The standard InChI is InChI=1S/C18H20N2O4S/c1-24-14-8-4-11(5-9-14)17-19-10-15(25-17)16(21)20-13-6-2-12(3-7-13)18(22)23/h4-5,8-10,12-13H,2-3,6-7H2,1H3,(H,20,21)(H,22,23). The Labute approximate surface area is 149 Å². The Morgan fingerprint density at radius 2 is 1.88 bits per heavy atom. The number of amides is 1. The molecule has 1 saturated carbocycles. The number of carboxylic acids is 1. The molecule has 6 nitrogen and oxygen atoms in total. The molecule has 0 unspecified atom stereocenters. The van der Waals surface area contributed by atoms with Gasteiger partial charge in [0.1, 0.15) is 15.6 Å². The third-order valence-corrected chi connectivity index (χ3v) is 5.52. The van der Waals surface area contributed by atoms with Gasteiger partial charge in [0.2, 0.25) is 0 Å². The topological polar surface area (TPSA) is 88.5 Å². The van der Waals surface area contributed by atoms with Gasteiger partial charge >= 0.3 is 5.97 Å². The van der Waals surface area contributed by atoms with Crippen molar-refractivity contribution in [2.75, 3.05) is 7.11 Å². The zero-order valence-corrected chi connectivity index (χ0v) is 14.7. The maximum absolute atomic E-state index is 12.4. The number of nitrogens with zero attached hydrogens (tertiary/aromatic N) is 1. The molecule has 0 saturated heterocycles. The lowest BCUT2D eigenvalue weighted by atomic mass is 9.86. The van der Waals surface area contributed by atoms with Gasteiger partial charge in [0.15, 0.2) is 0 Å². The number of aliphatic carboxylic acids is 1. The number of aromatic nitrogens is 1. The van der Waals surface area contributed by atoms with Crippen molar-refractivity contribution in [3.63, 3.8) is 0 Å². The summed E-state index contributed by atoms with van der Waals surface area (Å²) < 4.78 is 5.14. The number of benzene rings is 1. The molecular weight excluding hydrogens is 340 g/mol. The van der Waals surface area contributed by atoms with Crippen molar-refractivity contribution >= 4 is 23.2 Å². The van der Waals surface area contributed by atoms with E-state index in [9.17, 15) is 9.59 Å². The van der Waals surface area contributed by atoms with Gasteiger partial charge in [-0.2, -0.15) is 0 Å². The first-order valence-electron chi connectivity index (χ1n) is 8.20. The van der Waals surface area contributed by atoms with Gasteiger partial charge in [-0.1, -0.05) is 0 Å². The van der Waals surface area contributed by atoms with Crippen LogP contribution in [0, 0.1) is 5.92 Å². The number of rotatable bonds is 5. The SMILES string of the molecule is COc1ccc(-c2ncc(C(=O)NC3CCC(C(=O)O)CC3)s2)cc1. The number of carbonyl (C=O) groups is 2. The molecule has 1 aromatic heterocycles. The van der Waals surface area contributed by atoms with Crippen LogP contribution in [0.3, 0.4) is 0 Å². The van der Waals surface area contributed by atoms with E-state index in [0.29, 0.717) is 30.6 Å². The number of methoxy groups -OCH3 is 1. The Kier molecular flexibility index (Phi) is 5.33. The molecule has 0 atom stereocenters. The number of thiazole rings is 1. The number of carbonyl (C=O) groups excluding carboxylic acids is 1. The Morgan fingerprint density at radius 3 is 2.48 bits per heavy atom. The minimum absolute atomic E-state index is 0.0367. The van der Waals surface area contributed by atoms with Crippen molar-refractivity contribution in [1.82, 2.24) is 10.3 Å². The number of carboxylic acid groups (broad SMARTS) is 1. The summed E-state index contributed by atoms with van der Waals surface area (Å²) in [6, 6.07) is 7.57. The van der Waals surface area contributed by atoms with Crippen LogP contribution in [0.2, 0.25) is 0 Å². The van der Waals surface area contributed by atoms with Gasteiger partial charge in [-0.15, -0.1) is 11.3 Å². The van der Waals surface area contributed by atoms with E-state index in [4.69, 9.17) is 9.84 Å². The predicted octanol–water partition coefficient (Wildman–Crippen LogP) is 3.19. The van der Waals surface area contributed by atoms with Crippen LogP contribution in [0.1, 0.15) is 35.4 Å². The molecule has 0 radical (unpaired) electrons. The quantitative estimate of drug-likeness (QED) is 0.855. The highest BCUT2D eigenvalue weighted by atomic mass is 32.1. The average molecular weight is 360 g/mol. The summed E-state index contributed by atoms with van der Waals surface area (Å²) in [4.78, 5) is 28.3. The number of hydrogen-bond donors (Lipinski definition) is 2. The van der Waals surface area contributed by atoms with Crippen molar-refractivity contribution in [2.45, 2.75) is 31.7 Å². The second kappa shape index (κ2) is 7.65. The maximum Gasteiger partial charge on any atom is 0.306 e. The third kappa shape index (κ3) is 4.17. The molecule has 1 aliphatic rings. The molecule has 0 bridgehead atoms. The van der Waals surface area contributed by atoms with Crippen LogP contribution in [0.5, 0.6) is 5.75 Å². The van der Waals surface area contributed by atoms with E-state index in [2.05, 4.69) is 10.3 Å². The lowest BCUT2D eigenvalue weighted by molar-refractivity contribution is -0.142. The summed E-state index contributed by atoms with van der Waals surface area (Å²) in [5, 5.41) is 12.8. The Balaban J connectivity index is 1.60. The molecule has 3 rings (SSSR count). The van der Waals surface area contributed by atoms with E-state index in [1.54, 1.807) is 13.3 Å². The van der Waals surface area contributed by atoms with E-state index in [1.807, 2.05) is 24.3 Å². The van der Waals surface area contributed by atoms with Crippen LogP contribution in [0.4, 0.5) is 0 Å². The second-order valence-corrected chi connectivity index (χ2v) is 7.15. The van der Waals surface area contributed by atoms with Gasteiger partial charge in [-0.3, -0.25) is 9.59 Å². The van der Waals surface area contributed by atoms with E-state index < -0.39 is 5.97 Å². The highest BCUT2D eigenvalue weighted by molar-refractivity contribution is 7.16. The summed E-state index contributed by atoms with van der Waals surface area (Å²) in [6.45, 7) is 0. The average Bonchev–Trinajstić information content (AvgIpc) is 3.12. The Bertz CT molecular complexity index is 749. The van der Waals surface area contributed by atoms with E-state index in [-0.39, 0.29) is 17.9 Å². The van der Waals surface area contributed by atoms with Crippen LogP contribution < -0.4 is 10.1 Å². The summed E-state index contributed by atoms with van der Waals surface area (Å²) in [6.07, 6.45) is 4.21. The molecule has 0 spiro atoms. The smallest absolute Gasteiger partial charge is 0.306 e. The van der Waals surface area contributed by atoms with Crippen LogP contribution in [-0.4, -0.2) is 35.1 Å². The van der Waals surface area contributed by atoms with Crippen molar-refractivity contribution in [3.05, 3.63) is 35.3 Å². The molecule has 2 N–H and O–H groups in total. The fourth-order valence-corrected chi connectivity index (χ4v) is 3.81. The van der Waals surface area contributed by atoms with Crippen molar-refractivity contribution in [1.29, 1.82) is 0 Å². The molecule has 25 heavy (non-hydrogen) atoms. The molecule has 1 aliphatic carbocycles. The highest BCUT2D eigenvalue weighted by Crippen LogP contribution is 2.28. The third-order valence-electron chi connectivity index (χ3n) is 4.48. The van der Waals surface area contributed by atoms with Crippen molar-refractivity contribution < 1.29 is 19.4 Å². The summed E-state index contributed by atoms with van der Waals surface area (Å²) in [5.74, 6) is -0.388. The lowest BCUT2D eigenvalue weighted by Gasteiger charge is -2.26. The molecule has 1 fully saturated rings. The molecular formula is C18H20N2O4S. The highest BCUT2D eigenvalue weighted by Gasteiger charge is 2.27. The first-order valence-corrected chi connectivity index (χ1v) is 9.02. The molecule has 0 aliphatic heterocycles. The molecule has 1 aromatic carbocycles. The first kappa shape index (κ1) is 17.4. The summed E-state index contributed by atoms with van der Waals surface area (Å²) in [5.41, 5.74) is 0.937. The van der Waals surface area contributed by atoms with Gasteiger partial charge in [0.05, 0.1) is 19.2 Å². The Hall–Kier alpha value is -2.41. The summed E-state index contributed by atoms with van der Waals surface area (Å²) >= 11 is 1.34. The maximum atomic E-state index is 12.4. The number of nitrogens with one attached hydrogen (secondary N) is 1. The van der Waals surface area contributed by atoms with Gasteiger partial charge in [0, 0.05) is 11.6 Å². The molecule has 1 amide bonds. The number of ether oxygens (including phenoxy) is 1. The van der Waals surface area contributed by atoms with E-state index in [1.165, 1.54) is 11.3 Å². The number of hydrogen-bond acceptors (Lipinski definition) is 5. The van der Waals surface area contributed by atoms with Crippen molar-refractivity contribution in [3.8, 4) is 16.3 Å². The van der Waals surface area contributed by atoms with Gasteiger partial charge < -0.3 is 15.2 Å². The van der Waals surface area contributed by atoms with Crippen LogP contribution in [0.25, 0.3) is 10.6 Å². The minimum Gasteiger partial charge on any atom is -0.497 e. The molecule has 7 heteroatoms. The van der Waals surface area contributed by atoms with E-state index >= 15 is 0 Å². The normalized spacial score (nSPS) is 20.0. The van der Waals surface area contributed by atoms with Gasteiger partial charge in [-0.25, -0.2) is 4.98 Å². The summed E-state index contributed by atoms with van der Waals surface area (Å²) in [7, 11) is 1.62. The monoisotopic (exact) mass is 360 g/mol. The van der Waals surface area contributed by atoms with Crippen LogP contribution in [-0.2, 0) is 4.79 Å². The predicted molar refractivity (Wildman–Crippen MR) is 95.0 cm³/mol. The van der Waals surface area contributed by atoms with Gasteiger partial charge in [-0.05, 0) is 49.9 Å². The molecule has 2 aromatic rings. The Morgan fingerprint density at radius 1 is 1.20 bits per heavy atom. The fourth-order valence-electron chi connectivity index (χ4n) is 2.99. The van der Waals surface area contributed by atoms with Crippen LogP contribution in [0.15, 0.2) is 30.5 Å². The fraction of sp³-hybridized carbons (Fsp3) is 0.389. The zero-order chi connectivity index (χ0) is 17.8. The molecule has 1 heterocycles. The van der Waals surface area contributed by atoms with Gasteiger partial charge in [0.25, 0.3) is 5.91 Å². The van der Waals surface area contributed by atoms with Crippen LogP contribution >= 0.6 is 11.3 Å². The largest absolute Gasteiger partial charge is 0.497 e. The van der Waals surface area contributed by atoms with E-state index in [0.717, 1.165) is 16.3 Å².